The predicted molar refractivity (Wildman–Crippen MR) is 82.7 cm³/mol. The Labute approximate surface area is 122 Å². The van der Waals surface area contributed by atoms with Crippen LogP contribution in [0.5, 0.6) is 0 Å². The molecule has 1 amide bonds. The van der Waals surface area contributed by atoms with Gasteiger partial charge in [0.15, 0.2) is 5.13 Å². The van der Waals surface area contributed by atoms with Crippen molar-refractivity contribution in [2.45, 2.75) is 27.7 Å². The molecule has 20 heavy (non-hydrogen) atoms. The van der Waals surface area contributed by atoms with Gasteiger partial charge in [0.25, 0.3) is 5.91 Å². The lowest BCUT2D eigenvalue weighted by atomic mass is 10.2. The largest absolute Gasteiger partial charge is 0.385 e. The van der Waals surface area contributed by atoms with E-state index in [1.165, 1.54) is 11.3 Å². The lowest BCUT2D eigenvalue weighted by molar-refractivity contribution is 0.102. The number of carbonyl (C=O) groups excluding carboxylic acids is 1. The Balaban J connectivity index is 2.24. The number of thiazole rings is 1. The fraction of sp³-hybridized carbons (Fsp3) is 0.357. The minimum absolute atomic E-state index is 0.192. The molecule has 2 rings (SSSR count). The van der Waals surface area contributed by atoms with Gasteiger partial charge in [0.05, 0.1) is 16.9 Å². The van der Waals surface area contributed by atoms with Crippen molar-refractivity contribution in [1.82, 2.24) is 9.97 Å². The van der Waals surface area contributed by atoms with Gasteiger partial charge in [0.2, 0.25) is 0 Å². The minimum Gasteiger partial charge on any atom is -0.385 e. The first kappa shape index (κ1) is 14.5. The molecule has 106 valence electrons. The van der Waals surface area contributed by atoms with Crippen molar-refractivity contribution in [3.63, 3.8) is 0 Å². The maximum Gasteiger partial charge on any atom is 0.261 e. The van der Waals surface area contributed by atoms with Gasteiger partial charge in [-0.25, -0.2) is 4.98 Å². The zero-order chi connectivity index (χ0) is 14.7. The maximum absolute atomic E-state index is 12.3. The molecule has 0 saturated carbocycles. The Morgan fingerprint density at radius 2 is 2.10 bits per heavy atom. The van der Waals surface area contributed by atoms with E-state index < -0.39 is 0 Å². The summed E-state index contributed by atoms with van der Waals surface area (Å²) in [5.74, 6) is -0.192. The molecule has 0 radical (unpaired) electrons. The Bertz CT molecular complexity index is 617. The van der Waals surface area contributed by atoms with E-state index >= 15 is 0 Å². The van der Waals surface area contributed by atoms with Crippen LogP contribution in [0.3, 0.4) is 0 Å². The molecule has 0 spiro atoms. The third kappa shape index (κ3) is 3.14. The van der Waals surface area contributed by atoms with Gasteiger partial charge in [-0.05, 0) is 33.8 Å². The molecule has 0 saturated heterocycles. The van der Waals surface area contributed by atoms with Crippen molar-refractivity contribution < 1.29 is 4.79 Å². The van der Waals surface area contributed by atoms with Crippen LogP contribution in [0.4, 0.5) is 10.8 Å². The van der Waals surface area contributed by atoms with Crippen LogP contribution in [0.15, 0.2) is 12.3 Å². The standard InChI is InChI=1S/C14H18N4OS/c1-5-15-12-6-8(2)16-7-11(12)13(19)18-14-17-9(3)10(4)20-14/h6-7H,5H2,1-4H3,(H,15,16)(H,17,18,19). The van der Waals surface area contributed by atoms with Crippen LogP contribution in [0.25, 0.3) is 0 Å². The van der Waals surface area contributed by atoms with Crippen LogP contribution in [0, 0.1) is 20.8 Å². The zero-order valence-corrected chi connectivity index (χ0v) is 12.9. The highest BCUT2D eigenvalue weighted by Crippen LogP contribution is 2.23. The van der Waals surface area contributed by atoms with Gasteiger partial charge in [-0.2, -0.15) is 0 Å². The average Bonchev–Trinajstić information content (AvgIpc) is 2.68. The highest BCUT2D eigenvalue weighted by atomic mass is 32.1. The summed E-state index contributed by atoms with van der Waals surface area (Å²) in [5.41, 5.74) is 3.14. The molecule has 2 aromatic heterocycles. The Kier molecular flexibility index (Phi) is 4.34. The minimum atomic E-state index is -0.192. The molecule has 0 bridgehead atoms. The number of hydrogen-bond donors (Lipinski definition) is 2. The number of nitrogens with zero attached hydrogens (tertiary/aromatic N) is 2. The highest BCUT2D eigenvalue weighted by molar-refractivity contribution is 7.15. The lowest BCUT2D eigenvalue weighted by Gasteiger charge is -2.10. The van der Waals surface area contributed by atoms with Crippen molar-refractivity contribution >= 4 is 28.1 Å². The van der Waals surface area contributed by atoms with Crippen LogP contribution in [0.2, 0.25) is 0 Å². The van der Waals surface area contributed by atoms with Crippen molar-refractivity contribution in [2.24, 2.45) is 0 Å². The third-order valence-corrected chi connectivity index (χ3v) is 3.89. The van der Waals surface area contributed by atoms with E-state index in [1.54, 1.807) is 6.20 Å². The molecule has 5 nitrogen and oxygen atoms in total. The molecule has 0 fully saturated rings. The second kappa shape index (κ2) is 6.00. The third-order valence-electron chi connectivity index (χ3n) is 2.90. The summed E-state index contributed by atoms with van der Waals surface area (Å²) in [5, 5.41) is 6.63. The summed E-state index contributed by atoms with van der Waals surface area (Å²) >= 11 is 1.48. The fourth-order valence-electron chi connectivity index (χ4n) is 1.77. The normalized spacial score (nSPS) is 10.4. The number of amides is 1. The fourth-order valence-corrected chi connectivity index (χ4v) is 2.58. The summed E-state index contributed by atoms with van der Waals surface area (Å²) in [7, 11) is 0. The van der Waals surface area contributed by atoms with Crippen LogP contribution in [-0.2, 0) is 0 Å². The van der Waals surface area contributed by atoms with Gasteiger partial charge in [0, 0.05) is 23.3 Å². The first-order valence-corrected chi connectivity index (χ1v) is 7.28. The number of rotatable bonds is 4. The van der Waals surface area contributed by atoms with E-state index in [0.29, 0.717) is 10.7 Å². The lowest BCUT2D eigenvalue weighted by Crippen LogP contribution is -2.15. The molecule has 2 N–H and O–H groups in total. The van der Waals surface area contributed by atoms with Gasteiger partial charge in [-0.1, -0.05) is 0 Å². The van der Waals surface area contributed by atoms with E-state index in [4.69, 9.17) is 0 Å². The maximum atomic E-state index is 12.3. The Morgan fingerprint density at radius 1 is 1.35 bits per heavy atom. The first-order chi connectivity index (χ1) is 9.51. The smallest absolute Gasteiger partial charge is 0.261 e. The van der Waals surface area contributed by atoms with Crippen molar-refractivity contribution in [1.29, 1.82) is 0 Å². The van der Waals surface area contributed by atoms with Crippen LogP contribution < -0.4 is 10.6 Å². The molecule has 0 atom stereocenters. The van der Waals surface area contributed by atoms with Crippen molar-refractivity contribution in [3.8, 4) is 0 Å². The van der Waals surface area contributed by atoms with Crippen molar-refractivity contribution in [2.75, 3.05) is 17.2 Å². The summed E-state index contributed by atoms with van der Waals surface area (Å²) in [6.07, 6.45) is 1.59. The van der Waals surface area contributed by atoms with Crippen LogP contribution >= 0.6 is 11.3 Å². The number of anilines is 2. The second-order valence-electron chi connectivity index (χ2n) is 4.52. The molecule has 2 aromatic rings. The number of aryl methyl sites for hydroxylation is 3. The molecule has 2 heterocycles. The second-order valence-corrected chi connectivity index (χ2v) is 5.72. The molecular formula is C14H18N4OS. The van der Waals surface area contributed by atoms with Gasteiger partial charge in [0.1, 0.15) is 0 Å². The van der Waals surface area contributed by atoms with E-state index in [1.807, 2.05) is 33.8 Å². The summed E-state index contributed by atoms with van der Waals surface area (Å²) < 4.78 is 0. The van der Waals surface area contributed by atoms with Crippen LogP contribution in [0.1, 0.15) is 33.5 Å². The number of pyridine rings is 1. The number of carbonyl (C=O) groups is 1. The monoisotopic (exact) mass is 290 g/mol. The molecule has 6 heteroatoms. The van der Waals surface area contributed by atoms with Gasteiger partial charge >= 0.3 is 0 Å². The molecule has 0 unspecified atom stereocenters. The quantitative estimate of drug-likeness (QED) is 0.907. The summed E-state index contributed by atoms with van der Waals surface area (Å²) in [4.78, 5) is 21.9. The molecule has 0 aliphatic rings. The van der Waals surface area contributed by atoms with E-state index in [0.717, 1.165) is 28.5 Å². The first-order valence-electron chi connectivity index (χ1n) is 6.47. The molecule has 0 aromatic carbocycles. The van der Waals surface area contributed by atoms with Crippen molar-refractivity contribution in [3.05, 3.63) is 34.1 Å². The predicted octanol–water partition coefficient (Wildman–Crippen LogP) is 3.15. The van der Waals surface area contributed by atoms with E-state index in [9.17, 15) is 4.79 Å². The Morgan fingerprint density at radius 3 is 2.70 bits per heavy atom. The van der Waals surface area contributed by atoms with E-state index in [-0.39, 0.29) is 5.91 Å². The SMILES string of the molecule is CCNc1cc(C)ncc1C(=O)Nc1nc(C)c(C)s1. The average molecular weight is 290 g/mol. The van der Waals surface area contributed by atoms with E-state index in [2.05, 4.69) is 20.6 Å². The molecule has 0 aliphatic heterocycles. The number of hydrogen-bond acceptors (Lipinski definition) is 5. The topological polar surface area (TPSA) is 66.9 Å². The zero-order valence-electron chi connectivity index (χ0n) is 12.1. The summed E-state index contributed by atoms with van der Waals surface area (Å²) in [6, 6.07) is 1.87. The molecule has 0 aliphatic carbocycles. The van der Waals surface area contributed by atoms with Crippen LogP contribution in [-0.4, -0.2) is 22.4 Å². The number of nitrogens with one attached hydrogen (secondary N) is 2. The summed E-state index contributed by atoms with van der Waals surface area (Å²) in [6.45, 7) is 8.55. The van der Waals surface area contributed by atoms with Gasteiger partial charge in [-0.15, -0.1) is 11.3 Å². The van der Waals surface area contributed by atoms with Gasteiger partial charge in [-0.3, -0.25) is 15.1 Å². The van der Waals surface area contributed by atoms with Gasteiger partial charge < -0.3 is 5.32 Å². The number of aromatic nitrogens is 2. The highest BCUT2D eigenvalue weighted by Gasteiger charge is 2.14. The molecular weight excluding hydrogens is 272 g/mol. The Hall–Kier alpha value is -1.95.